The van der Waals surface area contributed by atoms with Gasteiger partial charge in [0.15, 0.2) is 0 Å². The predicted molar refractivity (Wildman–Crippen MR) is 54.9 cm³/mol. The lowest BCUT2D eigenvalue weighted by atomic mass is 9.79. The third kappa shape index (κ3) is 2.80. The largest absolute Gasteiger partial charge is 0.0651 e. The fourth-order valence-electron chi connectivity index (χ4n) is 2.55. The molecular weight excluding hydrogens is 144 g/mol. The van der Waals surface area contributed by atoms with E-state index in [2.05, 4.69) is 20.3 Å². The molecule has 1 radical (unpaired) electrons. The molecule has 0 N–H and O–H groups in total. The van der Waals surface area contributed by atoms with E-state index in [0.29, 0.717) is 0 Å². The van der Waals surface area contributed by atoms with Crippen LogP contribution < -0.4 is 0 Å². The summed E-state index contributed by atoms with van der Waals surface area (Å²) in [7, 11) is 0. The minimum Gasteiger partial charge on any atom is -0.0651 e. The van der Waals surface area contributed by atoms with Crippen LogP contribution in [0.15, 0.2) is 0 Å². The molecule has 0 heterocycles. The molecule has 71 valence electrons. The molecule has 1 saturated carbocycles. The molecule has 1 aliphatic rings. The molecular formula is C12H23. The van der Waals surface area contributed by atoms with Gasteiger partial charge >= 0.3 is 0 Å². The van der Waals surface area contributed by atoms with Crippen molar-refractivity contribution in [1.82, 2.24) is 0 Å². The van der Waals surface area contributed by atoms with Crippen molar-refractivity contribution < 1.29 is 0 Å². The van der Waals surface area contributed by atoms with Gasteiger partial charge in [-0.3, -0.25) is 0 Å². The maximum absolute atomic E-state index is 2.49. The van der Waals surface area contributed by atoms with Crippen LogP contribution in [0.4, 0.5) is 0 Å². The Bertz CT molecular complexity index is 92.6. The first-order valence-corrected chi connectivity index (χ1v) is 5.70. The fourth-order valence-corrected chi connectivity index (χ4v) is 2.55. The van der Waals surface area contributed by atoms with Crippen molar-refractivity contribution in [3.8, 4) is 0 Å². The van der Waals surface area contributed by atoms with E-state index in [-0.39, 0.29) is 0 Å². The maximum atomic E-state index is 2.49. The molecule has 2 atom stereocenters. The van der Waals surface area contributed by atoms with Crippen LogP contribution in [0.3, 0.4) is 0 Å². The summed E-state index contributed by atoms with van der Waals surface area (Å²) in [6.45, 7) is 4.72. The van der Waals surface area contributed by atoms with Gasteiger partial charge in [-0.05, 0) is 31.1 Å². The zero-order chi connectivity index (χ0) is 8.81. The van der Waals surface area contributed by atoms with E-state index in [0.717, 1.165) is 11.8 Å². The van der Waals surface area contributed by atoms with Crippen molar-refractivity contribution in [1.29, 1.82) is 0 Å². The highest BCUT2D eigenvalue weighted by atomic mass is 14.2. The van der Waals surface area contributed by atoms with E-state index in [9.17, 15) is 0 Å². The summed E-state index contributed by atoms with van der Waals surface area (Å²) in [5.74, 6) is 2.05. The Labute approximate surface area is 77.7 Å². The molecule has 1 rings (SSSR count). The van der Waals surface area contributed by atoms with Crippen LogP contribution in [0.25, 0.3) is 0 Å². The van der Waals surface area contributed by atoms with Crippen molar-refractivity contribution in [2.24, 2.45) is 11.8 Å². The molecule has 0 aromatic heterocycles. The summed E-state index contributed by atoms with van der Waals surface area (Å²) in [4.78, 5) is 0. The zero-order valence-corrected chi connectivity index (χ0v) is 8.68. The third-order valence-corrected chi connectivity index (χ3v) is 3.44. The van der Waals surface area contributed by atoms with Crippen molar-refractivity contribution in [2.75, 3.05) is 0 Å². The zero-order valence-electron chi connectivity index (χ0n) is 8.68. The van der Waals surface area contributed by atoms with Crippen LogP contribution in [-0.2, 0) is 0 Å². The first-order chi connectivity index (χ1) is 5.88. The van der Waals surface area contributed by atoms with Gasteiger partial charge in [0, 0.05) is 0 Å². The van der Waals surface area contributed by atoms with Crippen LogP contribution >= 0.6 is 0 Å². The van der Waals surface area contributed by atoms with E-state index >= 15 is 0 Å². The van der Waals surface area contributed by atoms with Gasteiger partial charge in [-0.2, -0.15) is 0 Å². The third-order valence-electron chi connectivity index (χ3n) is 3.44. The Balaban J connectivity index is 2.39. The van der Waals surface area contributed by atoms with Gasteiger partial charge in [0.2, 0.25) is 0 Å². The molecule has 1 aliphatic carbocycles. The van der Waals surface area contributed by atoms with Crippen LogP contribution in [0.2, 0.25) is 0 Å². The second-order valence-corrected chi connectivity index (χ2v) is 4.13. The SMILES string of the molecule is CCC1CC[CH]CCCC1CC. The summed E-state index contributed by atoms with van der Waals surface area (Å²) >= 11 is 0. The second kappa shape index (κ2) is 5.61. The maximum Gasteiger partial charge on any atom is -0.0386 e. The number of hydrogen-bond acceptors (Lipinski definition) is 0. The van der Waals surface area contributed by atoms with Crippen LogP contribution in [0, 0.1) is 18.3 Å². The topological polar surface area (TPSA) is 0 Å². The standard InChI is InChI=1S/C12H23/c1-3-11-9-7-5-6-8-10-12(11)4-2/h5,11-12H,3-4,6-10H2,1-2H3. The van der Waals surface area contributed by atoms with E-state index in [1.54, 1.807) is 0 Å². The summed E-state index contributed by atoms with van der Waals surface area (Å²) in [5.41, 5.74) is 0. The molecule has 0 heteroatoms. The van der Waals surface area contributed by atoms with Crippen LogP contribution in [-0.4, -0.2) is 0 Å². The number of hydrogen-bond donors (Lipinski definition) is 0. The van der Waals surface area contributed by atoms with Gasteiger partial charge in [0.05, 0.1) is 0 Å². The van der Waals surface area contributed by atoms with Crippen molar-refractivity contribution in [3.63, 3.8) is 0 Å². The van der Waals surface area contributed by atoms with Gasteiger partial charge in [0.25, 0.3) is 0 Å². The van der Waals surface area contributed by atoms with Gasteiger partial charge < -0.3 is 0 Å². The molecule has 0 nitrogen and oxygen atoms in total. The van der Waals surface area contributed by atoms with E-state index in [1.165, 1.54) is 44.9 Å². The molecule has 0 amide bonds. The van der Waals surface area contributed by atoms with Crippen LogP contribution in [0.5, 0.6) is 0 Å². The molecule has 12 heavy (non-hydrogen) atoms. The summed E-state index contributed by atoms with van der Waals surface area (Å²) in [6, 6.07) is 0. The molecule has 0 aliphatic heterocycles. The average molecular weight is 167 g/mol. The Hall–Kier alpha value is 0. The van der Waals surface area contributed by atoms with Gasteiger partial charge in [-0.1, -0.05) is 46.0 Å². The minimum absolute atomic E-state index is 1.02. The highest BCUT2D eigenvalue weighted by Gasteiger charge is 2.19. The second-order valence-electron chi connectivity index (χ2n) is 4.13. The smallest absolute Gasteiger partial charge is 0.0386 e. The fraction of sp³-hybridized carbons (Fsp3) is 0.917. The van der Waals surface area contributed by atoms with Gasteiger partial charge in [0.1, 0.15) is 0 Å². The highest BCUT2D eigenvalue weighted by Crippen LogP contribution is 2.31. The highest BCUT2D eigenvalue weighted by molar-refractivity contribution is 4.76. The lowest BCUT2D eigenvalue weighted by Crippen LogP contribution is -2.15. The van der Waals surface area contributed by atoms with Crippen molar-refractivity contribution in [3.05, 3.63) is 6.42 Å². The van der Waals surface area contributed by atoms with Gasteiger partial charge in [-0.25, -0.2) is 0 Å². The number of rotatable bonds is 2. The molecule has 0 saturated heterocycles. The molecule has 0 spiro atoms. The Morgan fingerprint density at radius 2 is 1.67 bits per heavy atom. The van der Waals surface area contributed by atoms with E-state index in [1.807, 2.05) is 0 Å². The summed E-state index contributed by atoms with van der Waals surface area (Å²) < 4.78 is 0. The first-order valence-electron chi connectivity index (χ1n) is 5.70. The molecule has 0 bridgehead atoms. The molecule has 0 aromatic carbocycles. The summed E-state index contributed by atoms with van der Waals surface area (Å²) in [6.07, 6.45) is 12.4. The first kappa shape index (κ1) is 10.1. The molecule has 2 unspecified atom stereocenters. The van der Waals surface area contributed by atoms with Crippen molar-refractivity contribution >= 4 is 0 Å². The van der Waals surface area contributed by atoms with Crippen LogP contribution in [0.1, 0.15) is 58.8 Å². The Kier molecular flexibility index (Phi) is 4.72. The Morgan fingerprint density at radius 3 is 2.33 bits per heavy atom. The minimum atomic E-state index is 1.02. The van der Waals surface area contributed by atoms with Gasteiger partial charge in [-0.15, -0.1) is 0 Å². The Morgan fingerprint density at radius 1 is 1.00 bits per heavy atom. The van der Waals surface area contributed by atoms with E-state index in [4.69, 9.17) is 0 Å². The summed E-state index contributed by atoms with van der Waals surface area (Å²) in [5, 5.41) is 0. The van der Waals surface area contributed by atoms with E-state index < -0.39 is 0 Å². The molecule has 1 fully saturated rings. The average Bonchev–Trinajstić information content (AvgIpc) is 2.05. The monoisotopic (exact) mass is 167 g/mol. The lowest BCUT2D eigenvalue weighted by Gasteiger charge is -2.27. The van der Waals surface area contributed by atoms with Crippen molar-refractivity contribution in [2.45, 2.75) is 58.8 Å². The normalized spacial score (nSPS) is 32.5. The lowest BCUT2D eigenvalue weighted by molar-refractivity contribution is 0.261. The predicted octanol–water partition coefficient (Wildman–Crippen LogP) is 4.21. The quantitative estimate of drug-likeness (QED) is 0.578. The molecule has 0 aromatic rings.